The predicted octanol–water partition coefficient (Wildman–Crippen LogP) is 3.09. The van der Waals surface area contributed by atoms with E-state index in [1.807, 2.05) is 31.2 Å². The van der Waals surface area contributed by atoms with E-state index in [-0.39, 0.29) is 5.43 Å². The number of hydrogen-bond donors (Lipinski definition) is 3. The molecule has 21 heavy (non-hydrogen) atoms. The van der Waals surface area contributed by atoms with Gasteiger partial charge in [0.1, 0.15) is 0 Å². The zero-order valence-corrected chi connectivity index (χ0v) is 12.9. The van der Waals surface area contributed by atoms with Gasteiger partial charge >= 0.3 is 0 Å². The molecule has 106 valence electrons. The molecule has 3 rings (SSSR count). The number of rotatable bonds is 2. The van der Waals surface area contributed by atoms with Crippen LogP contribution >= 0.6 is 15.9 Å². The van der Waals surface area contributed by atoms with Crippen LogP contribution in [0.25, 0.3) is 22.4 Å². The lowest BCUT2D eigenvalue weighted by atomic mass is 10.0. The number of aryl methyl sites for hydroxylation is 1. The molecule has 0 bridgehead atoms. The zero-order valence-electron chi connectivity index (χ0n) is 11.3. The summed E-state index contributed by atoms with van der Waals surface area (Å²) < 4.78 is 0.892. The summed E-state index contributed by atoms with van der Waals surface area (Å²) in [4.78, 5) is 15.2. The topological polar surface area (TPSA) is 87.6 Å². The van der Waals surface area contributed by atoms with E-state index in [2.05, 4.69) is 31.1 Å². The molecule has 2 heterocycles. The van der Waals surface area contributed by atoms with Crippen molar-refractivity contribution in [3.8, 4) is 22.4 Å². The number of benzene rings is 1. The van der Waals surface area contributed by atoms with Gasteiger partial charge in [0.15, 0.2) is 11.2 Å². The standard InChI is InChI=1S/C15H13BrN4O/c1-8-6-12(21)10(7-18-8)14-13(15(17)20-19-14)9-4-2-3-5-11(9)16/h2-7H,1H3,(H,18,21)(H3,17,19,20). The Morgan fingerprint density at radius 2 is 2.00 bits per heavy atom. The second-order valence-electron chi connectivity index (χ2n) is 4.73. The number of anilines is 1. The molecule has 0 saturated heterocycles. The van der Waals surface area contributed by atoms with Gasteiger partial charge < -0.3 is 10.7 Å². The van der Waals surface area contributed by atoms with E-state index in [1.54, 1.807) is 12.3 Å². The first-order valence-corrected chi connectivity index (χ1v) is 7.15. The van der Waals surface area contributed by atoms with Gasteiger partial charge in [0, 0.05) is 28.0 Å². The highest BCUT2D eigenvalue weighted by Gasteiger charge is 2.18. The van der Waals surface area contributed by atoms with Gasteiger partial charge in [-0.05, 0) is 13.0 Å². The van der Waals surface area contributed by atoms with Crippen molar-refractivity contribution in [1.82, 2.24) is 15.2 Å². The van der Waals surface area contributed by atoms with Gasteiger partial charge in [-0.2, -0.15) is 5.10 Å². The minimum Gasteiger partial charge on any atom is -0.382 e. The zero-order chi connectivity index (χ0) is 15.0. The Kier molecular flexibility index (Phi) is 3.39. The highest BCUT2D eigenvalue weighted by atomic mass is 79.9. The molecule has 1 aromatic carbocycles. The summed E-state index contributed by atoms with van der Waals surface area (Å²) in [5, 5.41) is 6.91. The van der Waals surface area contributed by atoms with Gasteiger partial charge in [0.05, 0.1) is 16.8 Å². The number of H-pyrrole nitrogens is 2. The number of nitrogens with two attached hydrogens (primary N) is 1. The molecule has 0 aliphatic carbocycles. The normalized spacial score (nSPS) is 10.8. The number of hydrogen-bond acceptors (Lipinski definition) is 3. The summed E-state index contributed by atoms with van der Waals surface area (Å²) in [7, 11) is 0. The number of nitrogens with zero attached hydrogens (tertiary/aromatic N) is 1. The Labute approximate surface area is 129 Å². The average Bonchev–Trinajstić information content (AvgIpc) is 2.81. The molecule has 0 amide bonds. The van der Waals surface area contributed by atoms with Gasteiger partial charge in [-0.3, -0.25) is 9.89 Å². The van der Waals surface area contributed by atoms with E-state index in [0.29, 0.717) is 17.1 Å². The fraction of sp³-hybridized carbons (Fsp3) is 0.0667. The molecule has 5 nitrogen and oxygen atoms in total. The van der Waals surface area contributed by atoms with Crippen molar-refractivity contribution >= 4 is 21.7 Å². The lowest BCUT2D eigenvalue weighted by Crippen LogP contribution is -2.06. The van der Waals surface area contributed by atoms with Crippen LogP contribution in [0.1, 0.15) is 5.69 Å². The smallest absolute Gasteiger partial charge is 0.191 e. The Morgan fingerprint density at radius 1 is 1.24 bits per heavy atom. The summed E-state index contributed by atoms with van der Waals surface area (Å²) >= 11 is 3.51. The van der Waals surface area contributed by atoms with Crippen molar-refractivity contribution < 1.29 is 0 Å². The van der Waals surface area contributed by atoms with Crippen molar-refractivity contribution in [2.24, 2.45) is 0 Å². The van der Waals surface area contributed by atoms with Crippen LogP contribution in [-0.2, 0) is 0 Å². The minimum atomic E-state index is -0.0804. The van der Waals surface area contributed by atoms with Gasteiger partial charge in [-0.25, -0.2) is 0 Å². The van der Waals surface area contributed by atoms with Crippen molar-refractivity contribution in [3.63, 3.8) is 0 Å². The summed E-state index contributed by atoms with van der Waals surface area (Å²) in [6, 6.07) is 9.23. The molecule has 4 N–H and O–H groups in total. The number of nitrogens with one attached hydrogen (secondary N) is 2. The van der Waals surface area contributed by atoms with Crippen LogP contribution in [0.2, 0.25) is 0 Å². The van der Waals surface area contributed by atoms with Crippen LogP contribution in [0.3, 0.4) is 0 Å². The highest BCUT2D eigenvalue weighted by Crippen LogP contribution is 2.37. The van der Waals surface area contributed by atoms with E-state index in [9.17, 15) is 4.79 Å². The fourth-order valence-corrected chi connectivity index (χ4v) is 2.74. The summed E-state index contributed by atoms with van der Waals surface area (Å²) in [6.45, 7) is 1.83. The number of aromatic amines is 2. The van der Waals surface area contributed by atoms with Crippen LogP contribution in [0.5, 0.6) is 0 Å². The first kappa shape index (κ1) is 13.6. The predicted molar refractivity (Wildman–Crippen MR) is 86.9 cm³/mol. The number of nitrogen functional groups attached to an aromatic ring is 1. The number of pyridine rings is 1. The molecular formula is C15H13BrN4O. The highest BCUT2D eigenvalue weighted by molar-refractivity contribution is 9.10. The molecule has 0 unspecified atom stereocenters. The maximum absolute atomic E-state index is 12.2. The van der Waals surface area contributed by atoms with Crippen LogP contribution in [0.4, 0.5) is 5.82 Å². The second kappa shape index (κ2) is 5.21. The van der Waals surface area contributed by atoms with Crippen LogP contribution < -0.4 is 11.2 Å². The van der Waals surface area contributed by atoms with E-state index in [4.69, 9.17) is 5.73 Å². The molecular weight excluding hydrogens is 332 g/mol. The molecule has 6 heteroatoms. The lowest BCUT2D eigenvalue weighted by Gasteiger charge is -2.06. The van der Waals surface area contributed by atoms with Crippen molar-refractivity contribution in [3.05, 3.63) is 56.9 Å². The van der Waals surface area contributed by atoms with Crippen LogP contribution in [0, 0.1) is 6.92 Å². The van der Waals surface area contributed by atoms with E-state index in [0.717, 1.165) is 21.3 Å². The van der Waals surface area contributed by atoms with Gasteiger partial charge in [-0.1, -0.05) is 34.1 Å². The van der Waals surface area contributed by atoms with Crippen molar-refractivity contribution in [2.75, 3.05) is 5.73 Å². The largest absolute Gasteiger partial charge is 0.382 e. The molecule has 0 aliphatic heterocycles. The second-order valence-corrected chi connectivity index (χ2v) is 5.59. The summed E-state index contributed by atoms with van der Waals surface area (Å²) in [6.07, 6.45) is 1.67. The third-order valence-electron chi connectivity index (χ3n) is 3.26. The first-order valence-electron chi connectivity index (χ1n) is 6.36. The van der Waals surface area contributed by atoms with E-state index in [1.165, 1.54) is 0 Å². The molecule has 0 fully saturated rings. The van der Waals surface area contributed by atoms with E-state index >= 15 is 0 Å². The minimum absolute atomic E-state index is 0.0804. The number of halogens is 1. The third-order valence-corrected chi connectivity index (χ3v) is 3.96. The maximum atomic E-state index is 12.2. The molecule has 0 atom stereocenters. The maximum Gasteiger partial charge on any atom is 0.191 e. The molecule has 2 aromatic heterocycles. The Hall–Kier alpha value is -2.34. The number of aromatic nitrogens is 3. The molecule has 0 spiro atoms. The molecule has 3 aromatic rings. The monoisotopic (exact) mass is 344 g/mol. The van der Waals surface area contributed by atoms with Crippen molar-refractivity contribution in [2.45, 2.75) is 6.92 Å². The Balaban J connectivity index is 2.27. The quantitative estimate of drug-likeness (QED) is 0.667. The average molecular weight is 345 g/mol. The SMILES string of the molecule is Cc1cc(=O)c(-c2[nH]nc(N)c2-c2ccccc2Br)c[nH]1. The van der Waals surface area contributed by atoms with Gasteiger partial charge in [-0.15, -0.1) is 0 Å². The Bertz CT molecular complexity index is 866. The van der Waals surface area contributed by atoms with Crippen LogP contribution in [0.15, 0.2) is 45.8 Å². The summed E-state index contributed by atoms with van der Waals surface area (Å²) in [5.41, 5.74) is 9.44. The Morgan fingerprint density at radius 3 is 2.71 bits per heavy atom. The molecule has 0 radical (unpaired) electrons. The molecule has 0 saturated carbocycles. The first-order chi connectivity index (χ1) is 10.1. The van der Waals surface area contributed by atoms with Crippen molar-refractivity contribution in [1.29, 1.82) is 0 Å². The van der Waals surface area contributed by atoms with Crippen LogP contribution in [-0.4, -0.2) is 15.2 Å². The van der Waals surface area contributed by atoms with E-state index < -0.39 is 0 Å². The van der Waals surface area contributed by atoms with Gasteiger partial charge in [0.25, 0.3) is 0 Å². The fourth-order valence-electron chi connectivity index (χ4n) is 2.26. The molecule has 0 aliphatic rings. The summed E-state index contributed by atoms with van der Waals surface area (Å²) in [5.74, 6) is 0.358. The van der Waals surface area contributed by atoms with Gasteiger partial charge in [0.2, 0.25) is 0 Å². The lowest BCUT2D eigenvalue weighted by molar-refractivity contribution is 1.09. The third kappa shape index (κ3) is 2.38.